The Morgan fingerprint density at radius 1 is 1.19 bits per heavy atom. The molecule has 27 heavy (non-hydrogen) atoms. The summed E-state index contributed by atoms with van der Waals surface area (Å²) in [6.07, 6.45) is 1.96. The largest absolute Gasteiger partial charge is 0.468 e. The van der Waals surface area contributed by atoms with E-state index in [4.69, 9.17) is 4.42 Å². The topological polar surface area (TPSA) is 58.4 Å². The average molecular weight is 384 g/mol. The number of hydrogen-bond acceptors (Lipinski definition) is 5. The van der Waals surface area contributed by atoms with E-state index in [2.05, 4.69) is 29.0 Å². The quantitative estimate of drug-likeness (QED) is 0.603. The highest BCUT2D eigenvalue weighted by atomic mass is 32.1. The average Bonchev–Trinajstić information content (AvgIpc) is 3.38. The van der Waals surface area contributed by atoms with Gasteiger partial charge in [0.15, 0.2) is 0 Å². The Kier molecular flexibility index (Phi) is 6.79. The summed E-state index contributed by atoms with van der Waals surface area (Å²) in [5, 5.41) is 5.94. The van der Waals surface area contributed by atoms with Crippen molar-refractivity contribution in [3.05, 3.63) is 65.6 Å². The molecule has 0 fully saturated rings. The lowest BCUT2D eigenvalue weighted by Gasteiger charge is -2.28. The number of nitrogens with zero attached hydrogens (tertiary/aromatic N) is 2. The summed E-state index contributed by atoms with van der Waals surface area (Å²) >= 11 is 1.56. The van der Waals surface area contributed by atoms with Gasteiger partial charge in [0.25, 0.3) is 0 Å². The molecule has 1 aromatic carbocycles. The van der Waals surface area contributed by atoms with Gasteiger partial charge in [-0.3, -0.25) is 9.69 Å². The Morgan fingerprint density at radius 2 is 1.96 bits per heavy atom. The van der Waals surface area contributed by atoms with Crippen LogP contribution < -0.4 is 5.32 Å². The molecule has 1 amide bonds. The third-order valence-electron chi connectivity index (χ3n) is 4.53. The Labute approximate surface area is 164 Å². The molecule has 0 spiro atoms. The van der Waals surface area contributed by atoms with Crippen molar-refractivity contribution in [2.24, 2.45) is 0 Å². The number of benzene rings is 1. The van der Waals surface area contributed by atoms with Crippen LogP contribution in [-0.2, 0) is 11.2 Å². The van der Waals surface area contributed by atoms with Crippen LogP contribution in [0.3, 0.4) is 0 Å². The highest BCUT2D eigenvalue weighted by molar-refractivity contribution is 7.13. The van der Waals surface area contributed by atoms with Crippen molar-refractivity contribution >= 4 is 17.2 Å². The smallest absolute Gasteiger partial charge is 0.226 e. The van der Waals surface area contributed by atoms with Crippen LogP contribution in [0.2, 0.25) is 0 Å². The van der Waals surface area contributed by atoms with E-state index in [0.717, 1.165) is 35.1 Å². The zero-order chi connectivity index (χ0) is 19.1. The highest BCUT2D eigenvalue weighted by Crippen LogP contribution is 2.24. The van der Waals surface area contributed by atoms with E-state index in [1.807, 2.05) is 47.8 Å². The molecule has 0 aliphatic carbocycles. The maximum Gasteiger partial charge on any atom is 0.226 e. The number of likely N-dealkylation sites (N-methyl/N-ethyl adjacent to an activating group) is 1. The predicted octanol–water partition coefficient (Wildman–Crippen LogP) is 4.14. The number of carbonyl (C=O) groups excluding carboxylic acids is 1. The van der Waals surface area contributed by atoms with Crippen molar-refractivity contribution in [1.82, 2.24) is 15.2 Å². The van der Waals surface area contributed by atoms with Crippen molar-refractivity contribution in [3.8, 4) is 10.6 Å². The van der Waals surface area contributed by atoms with E-state index >= 15 is 0 Å². The number of hydrogen-bond donors (Lipinski definition) is 1. The molecular weight excluding hydrogens is 358 g/mol. The van der Waals surface area contributed by atoms with Crippen LogP contribution in [0, 0.1) is 0 Å². The van der Waals surface area contributed by atoms with E-state index in [1.54, 1.807) is 17.6 Å². The highest BCUT2D eigenvalue weighted by Gasteiger charge is 2.21. The zero-order valence-corrected chi connectivity index (χ0v) is 16.5. The van der Waals surface area contributed by atoms with Crippen LogP contribution in [0.15, 0.2) is 58.5 Å². The lowest BCUT2D eigenvalue weighted by atomic mass is 10.1. The minimum atomic E-state index is -0.0244. The van der Waals surface area contributed by atoms with E-state index in [1.165, 1.54) is 0 Å². The predicted molar refractivity (Wildman–Crippen MR) is 109 cm³/mol. The lowest BCUT2D eigenvalue weighted by molar-refractivity contribution is -0.120. The van der Waals surface area contributed by atoms with Crippen molar-refractivity contribution in [2.75, 3.05) is 19.6 Å². The van der Waals surface area contributed by atoms with Gasteiger partial charge in [-0.05, 0) is 25.2 Å². The molecule has 1 N–H and O–H groups in total. The summed E-state index contributed by atoms with van der Waals surface area (Å²) in [6, 6.07) is 13.9. The molecule has 3 aromatic rings. The molecule has 0 radical (unpaired) electrons. The normalized spacial score (nSPS) is 12.3. The second-order valence-electron chi connectivity index (χ2n) is 6.24. The monoisotopic (exact) mass is 383 g/mol. The third kappa shape index (κ3) is 5.05. The molecular formula is C21H25N3O2S. The first-order valence-electron chi connectivity index (χ1n) is 9.25. The van der Waals surface area contributed by atoms with Gasteiger partial charge in [0.05, 0.1) is 24.4 Å². The van der Waals surface area contributed by atoms with Crippen LogP contribution in [0.25, 0.3) is 10.6 Å². The van der Waals surface area contributed by atoms with Crippen LogP contribution in [0.4, 0.5) is 0 Å². The third-order valence-corrected chi connectivity index (χ3v) is 5.47. The summed E-state index contributed by atoms with van der Waals surface area (Å²) in [4.78, 5) is 19.3. The molecule has 0 saturated heterocycles. The maximum absolute atomic E-state index is 12.4. The number of carbonyl (C=O) groups is 1. The van der Waals surface area contributed by atoms with Crippen LogP contribution in [0.1, 0.15) is 31.3 Å². The Balaban J connectivity index is 1.59. The molecule has 5 nitrogen and oxygen atoms in total. The second kappa shape index (κ2) is 9.48. The van der Waals surface area contributed by atoms with Crippen molar-refractivity contribution in [1.29, 1.82) is 0 Å². The van der Waals surface area contributed by atoms with Gasteiger partial charge in [-0.1, -0.05) is 44.2 Å². The van der Waals surface area contributed by atoms with Crippen LogP contribution >= 0.6 is 11.3 Å². The first-order valence-corrected chi connectivity index (χ1v) is 10.1. The van der Waals surface area contributed by atoms with E-state index in [0.29, 0.717) is 6.54 Å². The second-order valence-corrected chi connectivity index (χ2v) is 7.10. The fraction of sp³-hybridized carbons (Fsp3) is 0.333. The van der Waals surface area contributed by atoms with Crippen molar-refractivity contribution in [3.63, 3.8) is 0 Å². The number of rotatable bonds is 9. The minimum absolute atomic E-state index is 0.0244. The first kappa shape index (κ1) is 19.3. The fourth-order valence-electron chi connectivity index (χ4n) is 3.09. The number of thiazole rings is 1. The summed E-state index contributed by atoms with van der Waals surface area (Å²) in [5.74, 6) is 0.850. The van der Waals surface area contributed by atoms with Gasteiger partial charge in [0.2, 0.25) is 5.91 Å². The van der Waals surface area contributed by atoms with E-state index < -0.39 is 0 Å². The zero-order valence-electron chi connectivity index (χ0n) is 15.7. The minimum Gasteiger partial charge on any atom is -0.468 e. The van der Waals surface area contributed by atoms with Gasteiger partial charge < -0.3 is 9.73 Å². The van der Waals surface area contributed by atoms with E-state index in [9.17, 15) is 4.79 Å². The molecule has 6 heteroatoms. The van der Waals surface area contributed by atoms with Crippen LogP contribution in [0.5, 0.6) is 0 Å². The molecule has 0 aliphatic heterocycles. The molecule has 2 heterocycles. The fourth-order valence-corrected chi connectivity index (χ4v) is 3.92. The van der Waals surface area contributed by atoms with Gasteiger partial charge in [0, 0.05) is 17.5 Å². The van der Waals surface area contributed by atoms with Gasteiger partial charge in [-0.25, -0.2) is 4.98 Å². The summed E-state index contributed by atoms with van der Waals surface area (Å²) in [7, 11) is 0. The Hall–Kier alpha value is -2.44. The molecule has 1 unspecified atom stereocenters. The SMILES string of the molecule is CCN(CC)C(CNC(=O)Cc1csc(-c2ccccc2)n1)c1ccco1. The van der Waals surface area contributed by atoms with Crippen molar-refractivity contribution in [2.45, 2.75) is 26.3 Å². The molecule has 0 aliphatic rings. The van der Waals surface area contributed by atoms with Gasteiger partial charge in [-0.15, -0.1) is 11.3 Å². The standard InChI is InChI=1S/C21H25N3O2S/c1-3-24(4-2)18(19-11-8-12-26-19)14-22-20(25)13-17-15-27-21(23-17)16-9-6-5-7-10-16/h5-12,15,18H,3-4,13-14H2,1-2H3,(H,22,25). The molecule has 3 rings (SSSR count). The number of nitrogens with one attached hydrogen (secondary N) is 1. The van der Waals surface area contributed by atoms with Gasteiger partial charge >= 0.3 is 0 Å². The number of furan rings is 1. The van der Waals surface area contributed by atoms with Gasteiger partial charge in [0.1, 0.15) is 10.8 Å². The number of aromatic nitrogens is 1. The first-order chi connectivity index (χ1) is 13.2. The number of amides is 1. The Morgan fingerprint density at radius 3 is 2.63 bits per heavy atom. The van der Waals surface area contributed by atoms with Crippen molar-refractivity contribution < 1.29 is 9.21 Å². The van der Waals surface area contributed by atoms with E-state index in [-0.39, 0.29) is 18.4 Å². The Bertz CT molecular complexity index is 826. The van der Waals surface area contributed by atoms with Gasteiger partial charge in [-0.2, -0.15) is 0 Å². The molecule has 0 bridgehead atoms. The molecule has 142 valence electrons. The summed E-state index contributed by atoms with van der Waals surface area (Å²) in [6.45, 7) is 6.53. The summed E-state index contributed by atoms with van der Waals surface area (Å²) < 4.78 is 5.58. The molecule has 1 atom stereocenters. The lowest BCUT2D eigenvalue weighted by Crippen LogP contribution is -2.38. The summed E-state index contributed by atoms with van der Waals surface area (Å²) in [5.41, 5.74) is 1.88. The maximum atomic E-state index is 12.4. The van der Waals surface area contributed by atoms with Crippen LogP contribution in [-0.4, -0.2) is 35.4 Å². The molecule has 2 aromatic heterocycles. The molecule has 0 saturated carbocycles.